The molecule has 1 atom stereocenters. The topological polar surface area (TPSA) is 86.8 Å². The molecule has 2 aromatic carbocycles. The number of benzene rings is 2. The number of nitrogens with zero attached hydrogens (tertiary/aromatic N) is 2. The van der Waals surface area contributed by atoms with Crippen molar-refractivity contribution in [2.45, 2.75) is 46.2 Å². The zero-order valence-electron chi connectivity index (χ0n) is 19.5. The Morgan fingerprint density at radius 2 is 1.70 bits per heavy atom. The zero-order valence-corrected chi connectivity index (χ0v) is 20.4. The monoisotopic (exact) mass is 477 g/mol. The molecule has 0 aliphatic heterocycles. The van der Waals surface area contributed by atoms with E-state index in [1.54, 1.807) is 19.1 Å². The van der Waals surface area contributed by atoms with Crippen LogP contribution in [0.5, 0.6) is 0 Å². The first-order valence-corrected chi connectivity index (χ1v) is 12.8. The van der Waals surface area contributed by atoms with E-state index in [-0.39, 0.29) is 12.5 Å². The van der Waals surface area contributed by atoms with Gasteiger partial charge in [-0.2, -0.15) is 0 Å². The molecular formula is C24H32FN3O4S. The van der Waals surface area contributed by atoms with Gasteiger partial charge in [0.15, 0.2) is 0 Å². The molecule has 2 rings (SSSR count). The molecule has 0 saturated carbocycles. The van der Waals surface area contributed by atoms with E-state index in [9.17, 15) is 22.4 Å². The molecule has 0 spiro atoms. The lowest BCUT2D eigenvalue weighted by molar-refractivity contribution is -0.139. The Hall–Kier alpha value is -2.94. The molecule has 0 aromatic heterocycles. The highest BCUT2D eigenvalue weighted by Gasteiger charge is 2.30. The standard InChI is InChI=1S/C24H32FN3O4S/c1-5-15-26-24(30)18(3)27(16-19-11-13-21(25)14-12-19)23(29)17-28(33(4,31)32)22-10-8-7-9-20(22)6-2/h7-14,18H,5-6,15-17H2,1-4H3,(H,26,30)/t18-/m1/s1. The number of carbonyl (C=O) groups excluding carboxylic acids is 2. The second-order valence-electron chi connectivity index (χ2n) is 7.87. The van der Waals surface area contributed by atoms with Gasteiger partial charge in [0.05, 0.1) is 11.9 Å². The van der Waals surface area contributed by atoms with Crippen LogP contribution in [0, 0.1) is 5.82 Å². The third kappa shape index (κ3) is 7.28. The summed E-state index contributed by atoms with van der Waals surface area (Å²) >= 11 is 0. The maximum Gasteiger partial charge on any atom is 0.244 e. The summed E-state index contributed by atoms with van der Waals surface area (Å²) in [6.07, 6.45) is 2.37. The molecule has 0 bridgehead atoms. The molecule has 7 nitrogen and oxygen atoms in total. The molecule has 0 radical (unpaired) electrons. The number of amides is 2. The lowest BCUT2D eigenvalue weighted by Gasteiger charge is -2.32. The van der Waals surface area contributed by atoms with Gasteiger partial charge in [0, 0.05) is 13.1 Å². The summed E-state index contributed by atoms with van der Waals surface area (Å²) in [6.45, 7) is 5.46. The molecule has 0 unspecified atom stereocenters. The average Bonchev–Trinajstić information content (AvgIpc) is 2.79. The van der Waals surface area contributed by atoms with Crippen LogP contribution in [0.4, 0.5) is 10.1 Å². The SMILES string of the molecule is CCCNC(=O)[C@@H](C)N(Cc1ccc(F)cc1)C(=O)CN(c1ccccc1CC)S(C)(=O)=O. The largest absolute Gasteiger partial charge is 0.354 e. The van der Waals surface area contributed by atoms with Crippen molar-refractivity contribution in [1.29, 1.82) is 0 Å². The molecule has 0 fully saturated rings. The number of rotatable bonds is 11. The fourth-order valence-electron chi connectivity index (χ4n) is 3.41. The summed E-state index contributed by atoms with van der Waals surface area (Å²) in [5.74, 6) is -1.29. The van der Waals surface area contributed by atoms with Crippen molar-refractivity contribution in [1.82, 2.24) is 10.2 Å². The molecule has 0 aliphatic carbocycles. The van der Waals surface area contributed by atoms with Crippen molar-refractivity contribution < 1.29 is 22.4 Å². The maximum atomic E-state index is 13.4. The fraction of sp³-hybridized carbons (Fsp3) is 0.417. The molecule has 33 heavy (non-hydrogen) atoms. The number of hydrogen-bond donors (Lipinski definition) is 1. The number of carbonyl (C=O) groups is 2. The smallest absolute Gasteiger partial charge is 0.244 e. The van der Waals surface area contributed by atoms with Gasteiger partial charge in [-0.25, -0.2) is 12.8 Å². The van der Waals surface area contributed by atoms with Gasteiger partial charge in [0.1, 0.15) is 18.4 Å². The van der Waals surface area contributed by atoms with Crippen LogP contribution >= 0.6 is 0 Å². The Morgan fingerprint density at radius 1 is 1.06 bits per heavy atom. The second kappa shape index (κ2) is 11.8. The van der Waals surface area contributed by atoms with E-state index in [4.69, 9.17) is 0 Å². The third-order valence-electron chi connectivity index (χ3n) is 5.30. The van der Waals surface area contributed by atoms with Gasteiger partial charge in [-0.05, 0) is 49.1 Å². The second-order valence-corrected chi connectivity index (χ2v) is 9.77. The highest BCUT2D eigenvalue weighted by atomic mass is 32.2. The predicted octanol–water partition coefficient (Wildman–Crippen LogP) is 3.10. The van der Waals surface area contributed by atoms with Crippen LogP contribution < -0.4 is 9.62 Å². The Bertz CT molecular complexity index is 1060. The van der Waals surface area contributed by atoms with E-state index in [1.165, 1.54) is 29.2 Å². The van der Waals surface area contributed by atoms with Gasteiger partial charge in [-0.15, -0.1) is 0 Å². The van der Waals surface area contributed by atoms with Crippen LogP contribution in [0.1, 0.15) is 38.3 Å². The van der Waals surface area contributed by atoms with Crippen LogP contribution in [0.3, 0.4) is 0 Å². The van der Waals surface area contributed by atoms with Gasteiger partial charge in [-0.3, -0.25) is 13.9 Å². The first-order valence-electron chi connectivity index (χ1n) is 11.0. The minimum Gasteiger partial charge on any atom is -0.354 e. The first kappa shape index (κ1) is 26.3. The van der Waals surface area contributed by atoms with Crippen molar-refractivity contribution >= 4 is 27.5 Å². The van der Waals surface area contributed by atoms with E-state index in [1.807, 2.05) is 26.0 Å². The minimum atomic E-state index is -3.78. The van der Waals surface area contributed by atoms with Crippen LogP contribution in [0.15, 0.2) is 48.5 Å². The van der Waals surface area contributed by atoms with E-state index >= 15 is 0 Å². The summed E-state index contributed by atoms with van der Waals surface area (Å²) in [4.78, 5) is 27.4. The van der Waals surface area contributed by atoms with Crippen molar-refractivity contribution in [2.24, 2.45) is 0 Å². The van der Waals surface area contributed by atoms with Crippen LogP contribution in [-0.2, 0) is 32.6 Å². The zero-order chi connectivity index (χ0) is 24.6. The van der Waals surface area contributed by atoms with E-state index in [0.29, 0.717) is 24.2 Å². The number of sulfonamides is 1. The molecule has 9 heteroatoms. The Labute approximate surface area is 195 Å². The number of aryl methyl sites for hydroxylation is 1. The third-order valence-corrected chi connectivity index (χ3v) is 6.43. The normalized spacial score (nSPS) is 12.2. The summed E-state index contributed by atoms with van der Waals surface area (Å²) in [7, 11) is -3.78. The van der Waals surface area contributed by atoms with Crippen molar-refractivity contribution in [2.75, 3.05) is 23.7 Å². The molecule has 180 valence electrons. The van der Waals surface area contributed by atoms with Crippen molar-refractivity contribution in [3.8, 4) is 0 Å². The van der Waals surface area contributed by atoms with Crippen molar-refractivity contribution in [3.63, 3.8) is 0 Å². The maximum absolute atomic E-state index is 13.4. The van der Waals surface area contributed by atoms with Gasteiger partial charge in [0.2, 0.25) is 21.8 Å². The van der Waals surface area contributed by atoms with Crippen molar-refractivity contribution in [3.05, 3.63) is 65.5 Å². The van der Waals surface area contributed by atoms with Gasteiger partial charge in [-0.1, -0.05) is 44.2 Å². The predicted molar refractivity (Wildman–Crippen MR) is 128 cm³/mol. The number of halogens is 1. The first-order chi connectivity index (χ1) is 15.6. The molecule has 1 N–H and O–H groups in total. The van der Waals surface area contributed by atoms with E-state index in [0.717, 1.165) is 22.5 Å². The molecule has 2 aromatic rings. The summed E-state index contributed by atoms with van der Waals surface area (Å²) < 4.78 is 39.7. The molecule has 0 saturated heterocycles. The number of hydrogen-bond acceptors (Lipinski definition) is 4. The highest BCUT2D eigenvalue weighted by molar-refractivity contribution is 7.92. The number of para-hydroxylation sites is 1. The Kier molecular flexibility index (Phi) is 9.40. The van der Waals surface area contributed by atoms with Crippen LogP contribution in [-0.4, -0.2) is 50.5 Å². The summed E-state index contributed by atoms with van der Waals surface area (Å²) in [6, 6.07) is 11.8. The van der Waals surface area contributed by atoms with E-state index in [2.05, 4.69) is 5.32 Å². The Balaban J connectivity index is 2.39. The lowest BCUT2D eigenvalue weighted by Crippen LogP contribution is -2.51. The quantitative estimate of drug-likeness (QED) is 0.539. The molecule has 0 aliphatic rings. The van der Waals surface area contributed by atoms with Gasteiger partial charge < -0.3 is 10.2 Å². The summed E-state index contributed by atoms with van der Waals surface area (Å²) in [5.41, 5.74) is 1.84. The van der Waals surface area contributed by atoms with Crippen LogP contribution in [0.2, 0.25) is 0 Å². The molecule has 0 heterocycles. The summed E-state index contributed by atoms with van der Waals surface area (Å²) in [5, 5.41) is 2.77. The number of anilines is 1. The van der Waals surface area contributed by atoms with Gasteiger partial charge >= 0.3 is 0 Å². The van der Waals surface area contributed by atoms with Crippen LogP contribution in [0.25, 0.3) is 0 Å². The minimum absolute atomic E-state index is 0.0346. The highest BCUT2D eigenvalue weighted by Crippen LogP contribution is 2.24. The molecular weight excluding hydrogens is 445 g/mol. The molecule has 2 amide bonds. The lowest BCUT2D eigenvalue weighted by atomic mass is 10.1. The van der Waals surface area contributed by atoms with Gasteiger partial charge in [0.25, 0.3) is 0 Å². The Morgan fingerprint density at radius 3 is 2.27 bits per heavy atom. The fourth-order valence-corrected chi connectivity index (χ4v) is 4.29. The average molecular weight is 478 g/mol. The number of nitrogens with one attached hydrogen (secondary N) is 1. The van der Waals surface area contributed by atoms with E-state index < -0.39 is 34.3 Å².